The summed E-state index contributed by atoms with van der Waals surface area (Å²) in [6.45, 7) is 0.414. The zero-order valence-corrected chi connectivity index (χ0v) is 15.2. The van der Waals surface area contributed by atoms with Gasteiger partial charge in [0.05, 0.1) is 17.1 Å². The number of aryl methyl sites for hydroxylation is 1. The molecule has 2 aromatic rings. The molecule has 0 atom stereocenters. The number of nitrogens with zero attached hydrogens (tertiary/aromatic N) is 1. The monoisotopic (exact) mass is 374 g/mol. The molecule has 0 spiro atoms. The van der Waals surface area contributed by atoms with Crippen LogP contribution in [0, 0.1) is 0 Å². The fourth-order valence-corrected chi connectivity index (χ4v) is 4.58. The highest BCUT2D eigenvalue weighted by molar-refractivity contribution is 7.93. The van der Waals surface area contributed by atoms with E-state index in [0.29, 0.717) is 31.5 Å². The van der Waals surface area contributed by atoms with Crippen molar-refractivity contribution in [1.82, 2.24) is 0 Å². The van der Waals surface area contributed by atoms with Crippen LogP contribution in [0.5, 0.6) is 5.75 Å². The number of hydrogen-bond acceptors (Lipinski definition) is 4. The SMILES string of the molecule is O=C(CCCc1ccccc1)Nc1cc(N2CCCS2(=O)=O)ccc1O. The van der Waals surface area contributed by atoms with Crippen LogP contribution in [0.2, 0.25) is 0 Å². The Labute approximate surface area is 153 Å². The molecule has 0 bridgehead atoms. The topological polar surface area (TPSA) is 86.7 Å². The Kier molecular flexibility index (Phi) is 5.46. The molecular formula is C19H22N2O4S. The molecule has 0 radical (unpaired) electrons. The van der Waals surface area contributed by atoms with Crippen LogP contribution in [0.15, 0.2) is 48.5 Å². The van der Waals surface area contributed by atoms with Crippen molar-refractivity contribution in [3.63, 3.8) is 0 Å². The maximum Gasteiger partial charge on any atom is 0.235 e. The van der Waals surface area contributed by atoms with Crippen molar-refractivity contribution >= 4 is 27.3 Å². The average molecular weight is 374 g/mol. The van der Waals surface area contributed by atoms with E-state index in [1.165, 1.54) is 22.0 Å². The van der Waals surface area contributed by atoms with Gasteiger partial charge in [-0.1, -0.05) is 30.3 Å². The summed E-state index contributed by atoms with van der Waals surface area (Å²) in [7, 11) is -3.30. The summed E-state index contributed by atoms with van der Waals surface area (Å²) in [4.78, 5) is 12.2. The first-order chi connectivity index (χ1) is 12.5. The Morgan fingerprint density at radius 1 is 1.15 bits per heavy atom. The van der Waals surface area contributed by atoms with Crippen molar-refractivity contribution in [2.75, 3.05) is 21.9 Å². The third kappa shape index (κ3) is 4.35. The first-order valence-electron chi connectivity index (χ1n) is 8.63. The van der Waals surface area contributed by atoms with Gasteiger partial charge in [-0.15, -0.1) is 0 Å². The Morgan fingerprint density at radius 3 is 2.62 bits per heavy atom. The molecule has 0 unspecified atom stereocenters. The molecule has 2 aromatic carbocycles. The van der Waals surface area contributed by atoms with Gasteiger partial charge < -0.3 is 10.4 Å². The summed E-state index contributed by atoms with van der Waals surface area (Å²) in [5.74, 6) is -0.172. The highest BCUT2D eigenvalue weighted by atomic mass is 32.2. The Morgan fingerprint density at radius 2 is 1.92 bits per heavy atom. The van der Waals surface area contributed by atoms with Crippen LogP contribution < -0.4 is 9.62 Å². The molecule has 138 valence electrons. The van der Waals surface area contributed by atoms with Crippen molar-refractivity contribution < 1.29 is 18.3 Å². The Bertz CT molecular complexity index is 882. The molecule has 1 heterocycles. The lowest BCUT2D eigenvalue weighted by molar-refractivity contribution is -0.116. The number of aromatic hydroxyl groups is 1. The Balaban J connectivity index is 1.62. The van der Waals surface area contributed by atoms with E-state index in [9.17, 15) is 18.3 Å². The average Bonchev–Trinajstić information content (AvgIpc) is 2.97. The highest BCUT2D eigenvalue weighted by Gasteiger charge is 2.28. The number of phenols is 1. The molecule has 6 nitrogen and oxygen atoms in total. The number of rotatable bonds is 6. The smallest absolute Gasteiger partial charge is 0.235 e. The summed E-state index contributed by atoms with van der Waals surface area (Å²) < 4.78 is 25.4. The van der Waals surface area contributed by atoms with Gasteiger partial charge in [0.1, 0.15) is 5.75 Å². The minimum atomic E-state index is -3.30. The van der Waals surface area contributed by atoms with Crippen molar-refractivity contribution in [3.8, 4) is 5.75 Å². The van der Waals surface area contributed by atoms with Crippen molar-refractivity contribution in [1.29, 1.82) is 0 Å². The third-order valence-corrected chi connectivity index (χ3v) is 6.22. The fourth-order valence-electron chi connectivity index (χ4n) is 3.02. The summed E-state index contributed by atoms with van der Waals surface area (Å²) in [5.41, 5.74) is 1.86. The van der Waals surface area contributed by atoms with Gasteiger partial charge in [0.15, 0.2) is 0 Å². The lowest BCUT2D eigenvalue weighted by Gasteiger charge is -2.18. The first-order valence-corrected chi connectivity index (χ1v) is 10.2. The predicted molar refractivity (Wildman–Crippen MR) is 102 cm³/mol. The van der Waals surface area contributed by atoms with Gasteiger partial charge in [-0.25, -0.2) is 8.42 Å². The molecule has 2 N–H and O–H groups in total. The summed E-state index contributed by atoms with van der Waals surface area (Å²) in [5, 5.41) is 12.7. The summed E-state index contributed by atoms with van der Waals surface area (Å²) in [6.07, 6.45) is 2.38. The van der Waals surface area contributed by atoms with Crippen LogP contribution in [0.4, 0.5) is 11.4 Å². The van der Waals surface area contributed by atoms with Crippen molar-refractivity contribution in [2.45, 2.75) is 25.7 Å². The molecule has 26 heavy (non-hydrogen) atoms. The molecular weight excluding hydrogens is 352 g/mol. The number of anilines is 2. The second-order valence-corrected chi connectivity index (χ2v) is 8.34. The molecule has 1 amide bonds. The minimum Gasteiger partial charge on any atom is -0.506 e. The van der Waals surface area contributed by atoms with Gasteiger partial charge in [-0.2, -0.15) is 0 Å². The molecule has 1 fully saturated rings. The first kappa shape index (κ1) is 18.3. The zero-order valence-electron chi connectivity index (χ0n) is 14.4. The molecule has 3 rings (SSSR count). The van der Waals surface area contributed by atoms with E-state index < -0.39 is 10.0 Å². The van der Waals surface area contributed by atoms with Crippen LogP contribution in [-0.4, -0.2) is 31.7 Å². The van der Waals surface area contributed by atoms with E-state index in [1.54, 1.807) is 6.07 Å². The van der Waals surface area contributed by atoms with E-state index in [4.69, 9.17) is 0 Å². The summed E-state index contributed by atoms with van der Waals surface area (Å²) >= 11 is 0. The van der Waals surface area contributed by atoms with Gasteiger partial charge in [0.2, 0.25) is 15.9 Å². The maximum atomic E-state index is 12.2. The highest BCUT2D eigenvalue weighted by Crippen LogP contribution is 2.32. The van der Waals surface area contributed by atoms with E-state index in [-0.39, 0.29) is 23.1 Å². The largest absolute Gasteiger partial charge is 0.506 e. The molecule has 0 aromatic heterocycles. The molecule has 0 saturated carbocycles. The second kappa shape index (κ2) is 7.78. The zero-order chi connectivity index (χ0) is 18.6. The minimum absolute atomic E-state index is 0.0817. The van der Waals surface area contributed by atoms with E-state index in [0.717, 1.165) is 6.42 Å². The van der Waals surface area contributed by atoms with Crippen LogP contribution in [-0.2, 0) is 21.2 Å². The quantitative estimate of drug-likeness (QED) is 0.761. The fraction of sp³-hybridized carbons (Fsp3) is 0.316. The second-order valence-electron chi connectivity index (χ2n) is 6.33. The third-order valence-electron chi connectivity index (χ3n) is 4.35. The van der Waals surface area contributed by atoms with Crippen LogP contribution in [0.3, 0.4) is 0 Å². The van der Waals surface area contributed by atoms with Gasteiger partial charge >= 0.3 is 0 Å². The molecule has 1 aliphatic heterocycles. The number of sulfonamides is 1. The van der Waals surface area contributed by atoms with Crippen LogP contribution >= 0.6 is 0 Å². The number of carbonyl (C=O) groups is 1. The molecule has 1 aliphatic rings. The van der Waals surface area contributed by atoms with Crippen LogP contribution in [0.25, 0.3) is 0 Å². The van der Waals surface area contributed by atoms with Gasteiger partial charge in [-0.3, -0.25) is 9.10 Å². The molecule has 7 heteroatoms. The normalized spacial score (nSPS) is 15.8. The summed E-state index contributed by atoms with van der Waals surface area (Å²) in [6, 6.07) is 14.4. The van der Waals surface area contributed by atoms with Crippen molar-refractivity contribution in [2.24, 2.45) is 0 Å². The number of nitrogens with one attached hydrogen (secondary N) is 1. The van der Waals surface area contributed by atoms with E-state index >= 15 is 0 Å². The Hall–Kier alpha value is -2.54. The number of carbonyl (C=O) groups excluding carboxylic acids is 1. The van der Waals surface area contributed by atoms with Crippen LogP contribution in [0.1, 0.15) is 24.8 Å². The number of phenolic OH excluding ortho intramolecular Hbond substituents is 1. The molecule has 0 aliphatic carbocycles. The lowest BCUT2D eigenvalue weighted by Crippen LogP contribution is -2.25. The number of benzene rings is 2. The van der Waals surface area contributed by atoms with E-state index in [1.807, 2.05) is 30.3 Å². The molecule has 1 saturated heterocycles. The van der Waals surface area contributed by atoms with Gasteiger partial charge in [0, 0.05) is 13.0 Å². The van der Waals surface area contributed by atoms with E-state index in [2.05, 4.69) is 5.32 Å². The standard InChI is InChI=1S/C19H22N2O4S/c22-18-11-10-16(21-12-5-13-26(21,24)25)14-17(18)20-19(23)9-4-8-15-6-2-1-3-7-15/h1-3,6-7,10-11,14,22H,4-5,8-9,12-13H2,(H,20,23). The lowest BCUT2D eigenvalue weighted by atomic mass is 10.1. The number of amides is 1. The maximum absolute atomic E-state index is 12.2. The van der Waals surface area contributed by atoms with Gasteiger partial charge in [0.25, 0.3) is 0 Å². The predicted octanol–water partition coefficient (Wildman–Crippen LogP) is 2.89. The van der Waals surface area contributed by atoms with Crippen molar-refractivity contribution in [3.05, 3.63) is 54.1 Å². The number of hydrogen-bond donors (Lipinski definition) is 2. The van der Waals surface area contributed by atoms with Gasteiger partial charge in [-0.05, 0) is 43.0 Å².